The number of aliphatic carboxylic acids is 1. The van der Waals surface area contributed by atoms with Gasteiger partial charge in [0.15, 0.2) is 0 Å². The first-order valence-electron chi connectivity index (χ1n) is 2.74. The standard InChI is InChI=1S/C5H8O3S/c6-3-1-2-9-4(3)5(7)8/h3-4,6H,1-2H2,(H,7,8). The number of hydrogen-bond acceptors (Lipinski definition) is 3. The largest absolute Gasteiger partial charge is 0.480 e. The van der Waals surface area contributed by atoms with Crippen LogP contribution in [0, 0.1) is 0 Å². The molecule has 1 saturated heterocycles. The fourth-order valence-corrected chi connectivity index (χ4v) is 1.95. The zero-order chi connectivity index (χ0) is 6.85. The summed E-state index contributed by atoms with van der Waals surface area (Å²) in [5.41, 5.74) is 0. The van der Waals surface area contributed by atoms with Crippen molar-refractivity contribution >= 4 is 17.7 Å². The third kappa shape index (κ3) is 1.37. The maximum absolute atomic E-state index is 10.2. The number of rotatable bonds is 1. The first-order valence-corrected chi connectivity index (χ1v) is 3.79. The van der Waals surface area contributed by atoms with Gasteiger partial charge in [0.1, 0.15) is 5.25 Å². The van der Waals surface area contributed by atoms with E-state index in [1.807, 2.05) is 0 Å². The fraction of sp³-hybridized carbons (Fsp3) is 0.800. The van der Waals surface area contributed by atoms with Gasteiger partial charge in [0, 0.05) is 0 Å². The van der Waals surface area contributed by atoms with Crippen molar-refractivity contribution in [2.75, 3.05) is 5.75 Å². The molecule has 0 aromatic rings. The van der Waals surface area contributed by atoms with Crippen LogP contribution in [0.1, 0.15) is 6.42 Å². The van der Waals surface area contributed by atoms with Crippen LogP contribution in [-0.2, 0) is 4.79 Å². The molecule has 0 amide bonds. The van der Waals surface area contributed by atoms with Crippen molar-refractivity contribution < 1.29 is 15.0 Å². The van der Waals surface area contributed by atoms with Gasteiger partial charge in [-0.15, -0.1) is 11.8 Å². The molecule has 1 aliphatic rings. The minimum Gasteiger partial charge on any atom is -0.480 e. The minimum absolute atomic E-state index is 0.579. The van der Waals surface area contributed by atoms with Crippen LogP contribution in [0.2, 0.25) is 0 Å². The molecule has 4 heteroatoms. The Hall–Kier alpha value is -0.220. The molecule has 2 atom stereocenters. The maximum Gasteiger partial charge on any atom is 0.319 e. The molecule has 0 bridgehead atoms. The maximum atomic E-state index is 10.2. The Morgan fingerprint density at radius 2 is 2.33 bits per heavy atom. The van der Waals surface area contributed by atoms with E-state index in [-0.39, 0.29) is 0 Å². The first-order chi connectivity index (χ1) is 4.22. The fourth-order valence-electron chi connectivity index (χ4n) is 0.814. The topological polar surface area (TPSA) is 57.5 Å². The highest BCUT2D eigenvalue weighted by Crippen LogP contribution is 2.26. The van der Waals surface area contributed by atoms with Crippen molar-refractivity contribution in [1.82, 2.24) is 0 Å². The Kier molecular flexibility index (Phi) is 1.97. The summed E-state index contributed by atoms with van der Waals surface area (Å²) < 4.78 is 0. The van der Waals surface area contributed by atoms with Gasteiger partial charge in [0.25, 0.3) is 0 Å². The van der Waals surface area contributed by atoms with Crippen LogP contribution in [0.4, 0.5) is 0 Å². The lowest BCUT2D eigenvalue weighted by Crippen LogP contribution is -2.25. The van der Waals surface area contributed by atoms with Gasteiger partial charge in [-0.1, -0.05) is 0 Å². The number of carboxylic acids is 1. The van der Waals surface area contributed by atoms with Gasteiger partial charge in [0.2, 0.25) is 0 Å². The van der Waals surface area contributed by atoms with Gasteiger partial charge in [-0.05, 0) is 12.2 Å². The van der Waals surface area contributed by atoms with E-state index in [4.69, 9.17) is 10.2 Å². The van der Waals surface area contributed by atoms with E-state index < -0.39 is 17.3 Å². The van der Waals surface area contributed by atoms with Gasteiger partial charge >= 0.3 is 5.97 Å². The Morgan fingerprint density at radius 1 is 1.67 bits per heavy atom. The smallest absolute Gasteiger partial charge is 0.319 e. The van der Waals surface area contributed by atoms with Gasteiger partial charge in [-0.25, -0.2) is 0 Å². The molecule has 0 aromatic carbocycles. The summed E-state index contributed by atoms with van der Waals surface area (Å²) in [6.07, 6.45) is -0.0192. The van der Waals surface area contributed by atoms with Crippen molar-refractivity contribution in [2.45, 2.75) is 17.8 Å². The lowest BCUT2D eigenvalue weighted by atomic mass is 10.2. The zero-order valence-corrected chi connectivity index (χ0v) is 5.60. The molecule has 0 saturated carbocycles. The summed E-state index contributed by atoms with van der Waals surface area (Å²) in [7, 11) is 0. The third-order valence-electron chi connectivity index (χ3n) is 1.30. The second-order valence-corrected chi connectivity index (χ2v) is 3.24. The van der Waals surface area contributed by atoms with Gasteiger partial charge in [0.05, 0.1) is 6.10 Å². The van der Waals surface area contributed by atoms with E-state index in [0.717, 1.165) is 5.75 Å². The van der Waals surface area contributed by atoms with Crippen molar-refractivity contribution in [3.8, 4) is 0 Å². The van der Waals surface area contributed by atoms with Crippen molar-refractivity contribution in [3.63, 3.8) is 0 Å². The molecule has 1 rings (SSSR count). The summed E-state index contributed by atoms with van der Waals surface area (Å²) in [6.45, 7) is 0. The lowest BCUT2D eigenvalue weighted by Gasteiger charge is -2.05. The molecule has 1 heterocycles. The van der Waals surface area contributed by atoms with E-state index >= 15 is 0 Å². The Labute approximate surface area is 57.1 Å². The quantitative estimate of drug-likeness (QED) is 0.547. The van der Waals surface area contributed by atoms with E-state index in [9.17, 15) is 4.79 Å². The molecule has 1 fully saturated rings. The van der Waals surface area contributed by atoms with Crippen molar-refractivity contribution in [3.05, 3.63) is 0 Å². The van der Waals surface area contributed by atoms with Crippen LogP contribution >= 0.6 is 11.8 Å². The second-order valence-electron chi connectivity index (χ2n) is 1.99. The Balaban J connectivity index is 2.49. The molecule has 3 nitrogen and oxygen atoms in total. The molecule has 2 unspecified atom stereocenters. The summed E-state index contributed by atoms with van der Waals surface area (Å²) in [4.78, 5) is 10.2. The first kappa shape index (κ1) is 6.89. The van der Waals surface area contributed by atoms with E-state index in [1.54, 1.807) is 0 Å². The predicted octanol–water partition coefficient (Wildman–Crippen LogP) is -0.0626. The van der Waals surface area contributed by atoms with E-state index in [0.29, 0.717) is 6.42 Å². The Morgan fingerprint density at radius 3 is 2.56 bits per heavy atom. The number of aliphatic hydroxyl groups excluding tert-OH is 1. The molecule has 0 aromatic heterocycles. The number of carboxylic acid groups (broad SMARTS) is 1. The highest BCUT2D eigenvalue weighted by atomic mass is 32.2. The highest BCUT2D eigenvalue weighted by molar-refractivity contribution is 8.00. The molecule has 0 radical (unpaired) electrons. The molecule has 1 aliphatic heterocycles. The van der Waals surface area contributed by atoms with Crippen LogP contribution in [0.5, 0.6) is 0 Å². The third-order valence-corrected chi connectivity index (χ3v) is 2.65. The normalized spacial score (nSPS) is 34.8. The lowest BCUT2D eigenvalue weighted by molar-refractivity contribution is -0.138. The number of carbonyl (C=O) groups is 1. The van der Waals surface area contributed by atoms with E-state index in [2.05, 4.69) is 0 Å². The number of hydrogen-bond donors (Lipinski definition) is 2. The molecule has 9 heavy (non-hydrogen) atoms. The summed E-state index contributed by atoms with van der Waals surface area (Å²) in [5, 5.41) is 16.8. The van der Waals surface area contributed by atoms with Gasteiger partial charge in [-0.2, -0.15) is 0 Å². The number of aliphatic hydroxyl groups is 1. The predicted molar refractivity (Wildman–Crippen MR) is 34.5 cm³/mol. The SMILES string of the molecule is O=C(O)C1SCCC1O. The molecular formula is C5H8O3S. The van der Waals surface area contributed by atoms with Crippen LogP contribution in [-0.4, -0.2) is 33.3 Å². The summed E-state index contributed by atoms with van der Waals surface area (Å²) in [6, 6.07) is 0. The van der Waals surface area contributed by atoms with Gasteiger partial charge in [-0.3, -0.25) is 4.79 Å². The van der Waals surface area contributed by atoms with Crippen molar-refractivity contribution in [1.29, 1.82) is 0 Å². The highest BCUT2D eigenvalue weighted by Gasteiger charge is 2.31. The molecule has 0 spiro atoms. The molecule has 52 valence electrons. The molecule has 2 N–H and O–H groups in total. The molecule has 0 aliphatic carbocycles. The number of thioether (sulfide) groups is 1. The van der Waals surface area contributed by atoms with Crippen LogP contribution < -0.4 is 0 Å². The van der Waals surface area contributed by atoms with Crippen molar-refractivity contribution in [2.24, 2.45) is 0 Å². The Bertz CT molecular complexity index is 125. The minimum atomic E-state index is -0.898. The summed E-state index contributed by atoms with van der Waals surface area (Å²) in [5.74, 6) is -0.136. The van der Waals surface area contributed by atoms with Crippen LogP contribution in [0.3, 0.4) is 0 Å². The summed E-state index contributed by atoms with van der Waals surface area (Å²) >= 11 is 1.31. The van der Waals surface area contributed by atoms with Crippen LogP contribution in [0.15, 0.2) is 0 Å². The monoisotopic (exact) mass is 148 g/mol. The van der Waals surface area contributed by atoms with E-state index in [1.165, 1.54) is 11.8 Å². The van der Waals surface area contributed by atoms with Crippen LogP contribution in [0.25, 0.3) is 0 Å². The second kappa shape index (κ2) is 2.58. The average molecular weight is 148 g/mol. The average Bonchev–Trinajstić information content (AvgIpc) is 2.13. The molecular weight excluding hydrogens is 140 g/mol. The zero-order valence-electron chi connectivity index (χ0n) is 4.78. The van der Waals surface area contributed by atoms with Gasteiger partial charge < -0.3 is 10.2 Å².